The average molecular weight is 386 g/mol. The second-order valence-corrected chi connectivity index (χ2v) is 8.14. The van der Waals surface area contributed by atoms with E-state index in [0.29, 0.717) is 18.7 Å². The molecule has 0 aliphatic carbocycles. The van der Waals surface area contributed by atoms with Gasteiger partial charge in [0.2, 0.25) is 0 Å². The van der Waals surface area contributed by atoms with Crippen molar-refractivity contribution in [2.45, 2.75) is 39.5 Å². The fourth-order valence-electron chi connectivity index (χ4n) is 3.59. The molecule has 2 aromatic carbocycles. The molecular weight excluding hydrogens is 364 g/mol. The first-order valence-corrected chi connectivity index (χ1v) is 9.48. The molecule has 29 heavy (non-hydrogen) atoms. The van der Waals surface area contributed by atoms with Crippen LogP contribution in [-0.4, -0.2) is 26.8 Å². The van der Waals surface area contributed by atoms with E-state index in [9.17, 15) is 10.1 Å². The van der Waals surface area contributed by atoms with Crippen molar-refractivity contribution in [1.82, 2.24) is 15.1 Å². The number of fused-ring (bicyclic) bond motifs is 1. The van der Waals surface area contributed by atoms with E-state index in [2.05, 4.69) is 16.3 Å². The van der Waals surface area contributed by atoms with Crippen LogP contribution in [-0.2, 0) is 17.8 Å². The van der Waals surface area contributed by atoms with E-state index < -0.39 is 5.60 Å². The standard InChI is InChI=1S/C23H22N4O2/c1-23(2,3)29-22(28)27-13-16-5-4-6-20(21(16)14-27)19-8-7-15(9-17(19)10-24)18-11-25-26-12-18/h4-9,11-12H,13-14H2,1-3H3,(H,25,26). The van der Waals surface area contributed by atoms with E-state index in [-0.39, 0.29) is 6.09 Å². The number of rotatable bonds is 2. The third kappa shape index (κ3) is 3.72. The van der Waals surface area contributed by atoms with Gasteiger partial charge in [0, 0.05) is 18.3 Å². The van der Waals surface area contributed by atoms with Crippen LogP contribution in [0.5, 0.6) is 0 Å². The molecule has 0 unspecified atom stereocenters. The predicted molar refractivity (Wildman–Crippen MR) is 110 cm³/mol. The van der Waals surface area contributed by atoms with Crippen molar-refractivity contribution in [2.24, 2.45) is 0 Å². The molecule has 0 radical (unpaired) electrons. The summed E-state index contributed by atoms with van der Waals surface area (Å²) in [4.78, 5) is 14.2. The smallest absolute Gasteiger partial charge is 0.410 e. The van der Waals surface area contributed by atoms with Crippen molar-refractivity contribution < 1.29 is 9.53 Å². The van der Waals surface area contributed by atoms with Crippen molar-refractivity contribution in [3.63, 3.8) is 0 Å². The normalized spacial score (nSPS) is 13.1. The Labute approximate surface area is 169 Å². The summed E-state index contributed by atoms with van der Waals surface area (Å²) in [5.74, 6) is 0. The average Bonchev–Trinajstić information content (AvgIpc) is 3.35. The Morgan fingerprint density at radius 2 is 2.00 bits per heavy atom. The summed E-state index contributed by atoms with van der Waals surface area (Å²) < 4.78 is 5.53. The van der Waals surface area contributed by atoms with Gasteiger partial charge < -0.3 is 4.74 Å². The van der Waals surface area contributed by atoms with Gasteiger partial charge in [-0.3, -0.25) is 10.00 Å². The van der Waals surface area contributed by atoms with Gasteiger partial charge in [-0.25, -0.2) is 4.79 Å². The fourth-order valence-corrected chi connectivity index (χ4v) is 3.59. The van der Waals surface area contributed by atoms with E-state index in [1.165, 1.54) is 0 Å². The Bertz CT molecular complexity index is 1100. The first kappa shape index (κ1) is 18.8. The molecule has 4 rings (SSSR count). The quantitative estimate of drug-likeness (QED) is 0.681. The first-order valence-electron chi connectivity index (χ1n) is 9.48. The number of aromatic nitrogens is 2. The Hall–Kier alpha value is -3.59. The summed E-state index contributed by atoms with van der Waals surface area (Å²) >= 11 is 0. The summed E-state index contributed by atoms with van der Waals surface area (Å²) in [6.45, 7) is 6.56. The minimum absolute atomic E-state index is 0.324. The Morgan fingerprint density at radius 1 is 1.17 bits per heavy atom. The largest absolute Gasteiger partial charge is 0.444 e. The van der Waals surface area contributed by atoms with Crippen LogP contribution in [0.1, 0.15) is 37.5 Å². The maximum absolute atomic E-state index is 12.5. The lowest BCUT2D eigenvalue weighted by molar-refractivity contribution is 0.0242. The van der Waals surface area contributed by atoms with Crippen molar-refractivity contribution in [1.29, 1.82) is 5.26 Å². The molecule has 6 nitrogen and oxygen atoms in total. The highest BCUT2D eigenvalue weighted by atomic mass is 16.6. The van der Waals surface area contributed by atoms with Crippen molar-refractivity contribution in [2.75, 3.05) is 0 Å². The highest BCUT2D eigenvalue weighted by Gasteiger charge is 2.29. The molecule has 1 N–H and O–H groups in total. The molecule has 1 aromatic heterocycles. The number of nitriles is 1. The number of aromatic amines is 1. The van der Waals surface area contributed by atoms with Crippen molar-refractivity contribution in [3.8, 4) is 28.3 Å². The van der Waals surface area contributed by atoms with Crippen LogP contribution in [0.3, 0.4) is 0 Å². The van der Waals surface area contributed by atoms with E-state index >= 15 is 0 Å². The third-order valence-electron chi connectivity index (χ3n) is 4.90. The van der Waals surface area contributed by atoms with Crippen molar-refractivity contribution >= 4 is 6.09 Å². The molecule has 1 aliphatic heterocycles. The highest BCUT2D eigenvalue weighted by molar-refractivity contribution is 5.79. The predicted octanol–water partition coefficient (Wildman–Crippen LogP) is 4.87. The summed E-state index contributed by atoms with van der Waals surface area (Å²) in [6, 6.07) is 14.1. The van der Waals surface area contributed by atoms with Gasteiger partial charge in [0.1, 0.15) is 5.60 Å². The maximum atomic E-state index is 12.5. The van der Waals surface area contributed by atoms with Gasteiger partial charge in [0.25, 0.3) is 0 Å². The highest BCUT2D eigenvalue weighted by Crippen LogP contribution is 2.36. The summed E-state index contributed by atoms with van der Waals surface area (Å²) in [5, 5.41) is 16.5. The van der Waals surface area contributed by atoms with Gasteiger partial charge in [-0.1, -0.05) is 30.3 Å². The van der Waals surface area contributed by atoms with Gasteiger partial charge >= 0.3 is 6.09 Å². The van der Waals surface area contributed by atoms with Gasteiger partial charge in [-0.2, -0.15) is 10.4 Å². The SMILES string of the molecule is CC(C)(C)OC(=O)N1Cc2cccc(-c3ccc(-c4cn[nH]c4)cc3C#N)c2C1. The lowest BCUT2D eigenvalue weighted by Gasteiger charge is -2.24. The molecule has 0 spiro atoms. The number of carbonyl (C=O) groups is 1. The molecule has 0 saturated carbocycles. The van der Waals surface area contributed by atoms with Gasteiger partial charge in [0.15, 0.2) is 0 Å². The van der Waals surface area contributed by atoms with E-state index in [4.69, 9.17) is 4.74 Å². The van der Waals surface area contributed by atoms with Crippen LogP contribution in [0, 0.1) is 11.3 Å². The van der Waals surface area contributed by atoms with Gasteiger partial charge in [0.05, 0.1) is 24.4 Å². The first-order chi connectivity index (χ1) is 13.9. The number of benzene rings is 2. The molecule has 0 bridgehead atoms. The molecule has 3 aromatic rings. The summed E-state index contributed by atoms with van der Waals surface area (Å²) in [7, 11) is 0. The summed E-state index contributed by atoms with van der Waals surface area (Å²) in [6.07, 6.45) is 3.21. The summed E-state index contributed by atoms with van der Waals surface area (Å²) in [5.41, 5.74) is 5.90. The van der Waals surface area contributed by atoms with Crippen LogP contribution in [0.15, 0.2) is 48.8 Å². The number of ether oxygens (including phenoxy) is 1. The zero-order chi connectivity index (χ0) is 20.6. The molecule has 0 saturated heterocycles. The Kier molecular flexibility index (Phi) is 4.59. The molecule has 1 amide bonds. The van der Waals surface area contributed by atoms with Crippen LogP contribution in [0.2, 0.25) is 0 Å². The minimum Gasteiger partial charge on any atom is -0.444 e. The molecule has 0 fully saturated rings. The number of hydrogen-bond donors (Lipinski definition) is 1. The van der Waals surface area contributed by atoms with E-state index in [1.54, 1.807) is 17.3 Å². The molecule has 1 aliphatic rings. The van der Waals surface area contributed by atoms with E-state index in [1.807, 2.05) is 57.2 Å². The number of nitrogens with one attached hydrogen (secondary N) is 1. The van der Waals surface area contributed by atoms with Gasteiger partial charge in [-0.05, 0) is 54.7 Å². The number of carbonyl (C=O) groups excluding carboxylic acids is 1. The lowest BCUT2D eigenvalue weighted by atomic mass is 9.92. The molecule has 2 heterocycles. The second kappa shape index (κ2) is 7.10. The molecular formula is C23H22N4O2. The van der Waals surface area contributed by atoms with Crippen LogP contribution in [0.4, 0.5) is 4.79 Å². The number of hydrogen-bond acceptors (Lipinski definition) is 4. The van der Waals surface area contributed by atoms with Crippen LogP contribution >= 0.6 is 0 Å². The van der Waals surface area contributed by atoms with Crippen LogP contribution in [0.25, 0.3) is 22.3 Å². The topological polar surface area (TPSA) is 82.0 Å². The number of amides is 1. The van der Waals surface area contributed by atoms with Crippen molar-refractivity contribution in [3.05, 3.63) is 65.5 Å². The third-order valence-corrected chi connectivity index (χ3v) is 4.90. The second-order valence-electron chi connectivity index (χ2n) is 8.14. The van der Waals surface area contributed by atoms with Crippen LogP contribution < -0.4 is 0 Å². The zero-order valence-corrected chi connectivity index (χ0v) is 16.7. The molecule has 0 atom stereocenters. The number of H-pyrrole nitrogens is 1. The molecule has 146 valence electrons. The van der Waals surface area contributed by atoms with Gasteiger partial charge in [-0.15, -0.1) is 0 Å². The van der Waals surface area contributed by atoms with E-state index in [0.717, 1.165) is 33.4 Å². The lowest BCUT2D eigenvalue weighted by Crippen LogP contribution is -2.33. The minimum atomic E-state index is -0.536. The number of nitrogens with zero attached hydrogens (tertiary/aromatic N) is 3. The Morgan fingerprint density at radius 3 is 2.69 bits per heavy atom. The fraction of sp³-hybridized carbons (Fsp3) is 0.261. The molecule has 6 heteroatoms. The monoisotopic (exact) mass is 386 g/mol. The zero-order valence-electron chi connectivity index (χ0n) is 16.7. The Balaban J connectivity index is 1.69. The maximum Gasteiger partial charge on any atom is 0.410 e.